The Bertz CT molecular complexity index is 469. The Labute approximate surface area is 113 Å². The van der Waals surface area contributed by atoms with Gasteiger partial charge in [0.15, 0.2) is 0 Å². The van der Waals surface area contributed by atoms with Crippen LogP contribution in [0.4, 0.5) is 5.69 Å². The summed E-state index contributed by atoms with van der Waals surface area (Å²) < 4.78 is 0. The molecule has 1 fully saturated rings. The number of likely N-dealkylation sites (N-methyl/N-ethyl adjacent to an activating group) is 1. The molecule has 102 valence electrons. The fourth-order valence-corrected chi connectivity index (χ4v) is 2.17. The van der Waals surface area contributed by atoms with Gasteiger partial charge in [0.1, 0.15) is 0 Å². The van der Waals surface area contributed by atoms with E-state index in [9.17, 15) is 4.79 Å². The van der Waals surface area contributed by atoms with Crippen molar-refractivity contribution in [2.24, 2.45) is 0 Å². The molecule has 1 aromatic rings. The predicted octanol–water partition coefficient (Wildman–Crippen LogP) is 0.772. The molecule has 5 heteroatoms. The van der Waals surface area contributed by atoms with E-state index >= 15 is 0 Å². The van der Waals surface area contributed by atoms with Gasteiger partial charge in [0.25, 0.3) is 0 Å². The van der Waals surface area contributed by atoms with Crippen molar-refractivity contribution in [3.05, 3.63) is 36.3 Å². The highest BCUT2D eigenvalue weighted by Gasteiger charge is 2.22. The number of hydrogen-bond donors (Lipinski definition) is 1. The number of hydrogen-bond acceptors (Lipinski definition) is 4. The fourth-order valence-electron chi connectivity index (χ4n) is 2.17. The zero-order valence-corrected chi connectivity index (χ0v) is 11.5. The quantitative estimate of drug-likeness (QED) is 0.872. The zero-order valence-electron chi connectivity index (χ0n) is 11.5. The van der Waals surface area contributed by atoms with Gasteiger partial charge in [-0.15, -0.1) is 0 Å². The molecule has 0 unspecified atom stereocenters. The number of anilines is 1. The van der Waals surface area contributed by atoms with Gasteiger partial charge in [-0.05, 0) is 19.1 Å². The molecule has 1 aliphatic rings. The topological polar surface area (TPSA) is 48.5 Å². The number of carbonyl (C=O) groups excluding carboxylic acids is 1. The first-order chi connectivity index (χ1) is 9.10. The second kappa shape index (κ2) is 5.84. The summed E-state index contributed by atoms with van der Waals surface area (Å²) in [5.41, 5.74) is 3.07. The normalized spacial score (nSPS) is 16.5. The third-order valence-electron chi connectivity index (χ3n) is 3.28. The van der Waals surface area contributed by atoms with Gasteiger partial charge in [0.2, 0.25) is 5.91 Å². The molecule has 1 N–H and O–H groups in total. The van der Waals surface area contributed by atoms with Crippen molar-refractivity contribution in [3.8, 4) is 0 Å². The number of rotatable bonds is 3. The first-order valence-electron chi connectivity index (χ1n) is 6.41. The van der Waals surface area contributed by atoms with Gasteiger partial charge in [-0.1, -0.05) is 6.58 Å². The lowest BCUT2D eigenvalue weighted by molar-refractivity contribution is -0.121. The van der Waals surface area contributed by atoms with E-state index in [1.54, 1.807) is 7.05 Å². The smallest absolute Gasteiger partial charge is 0.233 e. The van der Waals surface area contributed by atoms with E-state index in [0.29, 0.717) is 13.1 Å². The third kappa shape index (κ3) is 3.32. The Morgan fingerprint density at radius 1 is 1.47 bits per heavy atom. The minimum absolute atomic E-state index is 0.0400. The van der Waals surface area contributed by atoms with Crippen molar-refractivity contribution >= 4 is 11.6 Å². The summed E-state index contributed by atoms with van der Waals surface area (Å²) >= 11 is 0. The maximum atomic E-state index is 11.4. The molecule has 0 spiro atoms. The Morgan fingerprint density at radius 3 is 2.84 bits per heavy atom. The van der Waals surface area contributed by atoms with E-state index in [1.807, 2.05) is 19.2 Å². The Balaban J connectivity index is 1.99. The molecular formula is C14H20N4O. The van der Waals surface area contributed by atoms with Crippen LogP contribution in [0.5, 0.6) is 0 Å². The molecule has 0 aliphatic carbocycles. The van der Waals surface area contributed by atoms with Crippen molar-refractivity contribution in [3.63, 3.8) is 0 Å². The Kier molecular flexibility index (Phi) is 4.16. The molecule has 2 rings (SSSR count). The molecule has 5 nitrogen and oxygen atoms in total. The number of amides is 1. The molecule has 0 atom stereocenters. The fraction of sp³-hybridized carbons (Fsp3) is 0.429. The van der Waals surface area contributed by atoms with Crippen molar-refractivity contribution in [1.29, 1.82) is 0 Å². The van der Waals surface area contributed by atoms with E-state index in [-0.39, 0.29) is 5.91 Å². The minimum Gasteiger partial charge on any atom is -0.358 e. The lowest BCUT2D eigenvalue weighted by atomic mass is 10.2. The van der Waals surface area contributed by atoms with E-state index < -0.39 is 0 Å². The Hall–Kier alpha value is -1.88. The predicted molar refractivity (Wildman–Crippen MR) is 76.0 cm³/mol. The lowest BCUT2D eigenvalue weighted by Gasteiger charge is -2.37. The van der Waals surface area contributed by atoms with E-state index in [1.165, 1.54) is 0 Å². The minimum atomic E-state index is 0.0400. The standard InChI is InChI=1S/C14H20N4O/c1-11-4-5-13(8-16-11)18-7-6-17(9-12(18)2)10-14(19)15-3/h4-5,8H,2,6-7,9-10H2,1,3H3,(H,15,19). The number of piperazine rings is 1. The van der Waals surface area contributed by atoms with Crippen molar-refractivity contribution in [2.75, 3.05) is 38.1 Å². The average Bonchev–Trinajstić information content (AvgIpc) is 2.40. The number of aromatic nitrogens is 1. The summed E-state index contributed by atoms with van der Waals surface area (Å²) in [5, 5.41) is 2.64. The molecule has 1 saturated heterocycles. The molecule has 2 heterocycles. The molecule has 0 radical (unpaired) electrons. The summed E-state index contributed by atoms with van der Waals surface area (Å²) in [6, 6.07) is 4.06. The zero-order chi connectivity index (χ0) is 13.8. The lowest BCUT2D eigenvalue weighted by Crippen LogP contribution is -2.47. The highest BCUT2D eigenvalue weighted by Crippen LogP contribution is 2.21. The second-order valence-electron chi connectivity index (χ2n) is 4.76. The summed E-state index contributed by atoms with van der Waals surface area (Å²) in [4.78, 5) is 19.9. The van der Waals surface area contributed by atoms with Crippen LogP contribution in [-0.2, 0) is 4.79 Å². The first kappa shape index (κ1) is 13.5. The maximum Gasteiger partial charge on any atom is 0.233 e. The van der Waals surface area contributed by atoms with Crippen LogP contribution in [-0.4, -0.2) is 49.0 Å². The van der Waals surface area contributed by atoms with Crippen LogP contribution in [0.3, 0.4) is 0 Å². The molecule has 1 aliphatic heterocycles. The van der Waals surface area contributed by atoms with Crippen LogP contribution < -0.4 is 10.2 Å². The summed E-state index contributed by atoms with van der Waals surface area (Å²) in [5.74, 6) is 0.0400. The average molecular weight is 260 g/mol. The summed E-state index contributed by atoms with van der Waals surface area (Å²) in [6.07, 6.45) is 1.87. The number of nitrogens with one attached hydrogen (secondary N) is 1. The molecule has 0 saturated carbocycles. The van der Waals surface area contributed by atoms with Gasteiger partial charge in [0, 0.05) is 38.1 Å². The van der Waals surface area contributed by atoms with Crippen LogP contribution in [0.15, 0.2) is 30.6 Å². The SMILES string of the molecule is C=C1CN(CC(=O)NC)CCN1c1ccc(C)nc1. The highest BCUT2D eigenvalue weighted by atomic mass is 16.1. The number of carbonyl (C=O) groups is 1. The van der Waals surface area contributed by atoms with E-state index in [0.717, 1.165) is 30.2 Å². The highest BCUT2D eigenvalue weighted by molar-refractivity contribution is 5.77. The molecule has 1 aromatic heterocycles. The van der Waals surface area contributed by atoms with Crippen molar-refractivity contribution < 1.29 is 4.79 Å². The van der Waals surface area contributed by atoms with Gasteiger partial charge in [-0.2, -0.15) is 0 Å². The van der Waals surface area contributed by atoms with Crippen LogP contribution in [0.25, 0.3) is 0 Å². The monoisotopic (exact) mass is 260 g/mol. The number of nitrogens with zero attached hydrogens (tertiary/aromatic N) is 3. The summed E-state index contributed by atoms with van der Waals surface area (Å²) in [7, 11) is 1.66. The molecular weight excluding hydrogens is 240 g/mol. The third-order valence-corrected chi connectivity index (χ3v) is 3.28. The van der Waals surface area contributed by atoms with Crippen molar-refractivity contribution in [1.82, 2.24) is 15.2 Å². The number of pyridine rings is 1. The van der Waals surface area contributed by atoms with E-state index in [4.69, 9.17) is 0 Å². The van der Waals surface area contributed by atoms with Gasteiger partial charge < -0.3 is 10.2 Å². The Morgan fingerprint density at radius 2 is 2.26 bits per heavy atom. The van der Waals surface area contributed by atoms with Crippen LogP contribution in [0, 0.1) is 6.92 Å². The maximum absolute atomic E-state index is 11.4. The number of aryl methyl sites for hydroxylation is 1. The second-order valence-corrected chi connectivity index (χ2v) is 4.76. The van der Waals surface area contributed by atoms with Crippen molar-refractivity contribution in [2.45, 2.75) is 6.92 Å². The van der Waals surface area contributed by atoms with Gasteiger partial charge in [0.05, 0.1) is 18.4 Å². The van der Waals surface area contributed by atoms with Gasteiger partial charge >= 0.3 is 0 Å². The van der Waals surface area contributed by atoms with Gasteiger partial charge in [-0.3, -0.25) is 14.7 Å². The van der Waals surface area contributed by atoms with E-state index in [2.05, 4.69) is 32.7 Å². The van der Waals surface area contributed by atoms with Crippen LogP contribution in [0.1, 0.15) is 5.69 Å². The van der Waals surface area contributed by atoms with Crippen LogP contribution in [0.2, 0.25) is 0 Å². The molecule has 1 amide bonds. The summed E-state index contributed by atoms with van der Waals surface area (Å²) in [6.45, 7) is 8.89. The largest absolute Gasteiger partial charge is 0.358 e. The first-order valence-corrected chi connectivity index (χ1v) is 6.41. The van der Waals surface area contributed by atoms with Gasteiger partial charge in [-0.25, -0.2) is 0 Å². The van der Waals surface area contributed by atoms with Crippen LogP contribution >= 0.6 is 0 Å². The molecule has 0 aromatic carbocycles. The molecule has 0 bridgehead atoms. The molecule has 19 heavy (non-hydrogen) atoms.